The lowest BCUT2D eigenvalue weighted by molar-refractivity contribution is 0.0993. The van der Waals surface area contributed by atoms with Crippen LogP contribution in [0, 0.1) is 20.8 Å². The number of hydrogen-bond acceptors (Lipinski definition) is 2. The number of aryl methyl sites for hydroxylation is 3. The van der Waals surface area contributed by atoms with E-state index < -0.39 is 0 Å². The molecule has 2 rings (SSSR count). The lowest BCUT2D eigenvalue weighted by Crippen LogP contribution is -2.13. The highest BCUT2D eigenvalue weighted by atomic mass is 32.1. The number of carbonyl (C=O) groups is 1. The summed E-state index contributed by atoms with van der Waals surface area (Å²) in [5.41, 5.74) is 5.94. The Morgan fingerprint density at radius 3 is 2.05 bits per heavy atom. The summed E-state index contributed by atoms with van der Waals surface area (Å²) in [6.07, 6.45) is 0.498. The Balaban J connectivity index is 2.31. The van der Waals surface area contributed by atoms with Gasteiger partial charge in [0.15, 0.2) is 5.78 Å². The van der Waals surface area contributed by atoms with Crippen LogP contribution in [0.15, 0.2) is 23.6 Å². The van der Waals surface area contributed by atoms with Gasteiger partial charge in [0.1, 0.15) is 0 Å². The third-order valence-corrected chi connectivity index (χ3v) is 4.81. The molecule has 0 N–H and O–H groups in total. The monoisotopic (exact) mass is 300 g/mol. The maximum Gasteiger partial charge on any atom is 0.168 e. The lowest BCUT2D eigenvalue weighted by Gasteiger charge is -2.22. The normalized spacial score (nSPS) is 11.7. The molecule has 2 aromatic rings. The van der Waals surface area contributed by atoms with Gasteiger partial charge >= 0.3 is 0 Å². The van der Waals surface area contributed by atoms with Crippen molar-refractivity contribution < 1.29 is 4.79 Å². The zero-order chi connectivity index (χ0) is 15.8. The summed E-state index contributed by atoms with van der Waals surface area (Å²) in [5.74, 6) is 0.217. The van der Waals surface area contributed by atoms with E-state index in [1.54, 1.807) is 11.3 Å². The number of benzene rings is 1. The van der Waals surface area contributed by atoms with Crippen LogP contribution >= 0.6 is 11.3 Å². The molecule has 112 valence electrons. The Hall–Kier alpha value is -1.41. The molecular formula is C19H24OS. The first-order valence-electron chi connectivity index (χ1n) is 7.37. The zero-order valence-corrected chi connectivity index (χ0v) is 14.6. The molecule has 0 unspecified atom stereocenters. The molecule has 0 radical (unpaired) electrons. The summed E-state index contributed by atoms with van der Waals surface area (Å²) < 4.78 is 0. The highest BCUT2D eigenvalue weighted by Gasteiger charge is 2.18. The average molecular weight is 300 g/mol. The minimum Gasteiger partial charge on any atom is -0.294 e. The smallest absolute Gasteiger partial charge is 0.168 e. The van der Waals surface area contributed by atoms with Gasteiger partial charge in [-0.05, 0) is 54.5 Å². The largest absolute Gasteiger partial charge is 0.294 e. The Labute approximate surface area is 132 Å². The van der Waals surface area contributed by atoms with Gasteiger partial charge in [-0.15, -0.1) is 11.3 Å². The van der Waals surface area contributed by atoms with Crippen LogP contribution < -0.4 is 0 Å². The first-order valence-corrected chi connectivity index (χ1v) is 8.25. The Kier molecular flexibility index (Phi) is 4.38. The molecule has 1 heterocycles. The van der Waals surface area contributed by atoms with Crippen molar-refractivity contribution in [2.75, 3.05) is 0 Å². The van der Waals surface area contributed by atoms with Crippen molar-refractivity contribution in [1.29, 1.82) is 0 Å². The first kappa shape index (κ1) is 16.0. The van der Waals surface area contributed by atoms with Gasteiger partial charge in [-0.2, -0.15) is 0 Å². The third-order valence-electron chi connectivity index (χ3n) is 3.95. The Morgan fingerprint density at radius 1 is 1.05 bits per heavy atom. The molecule has 2 heteroatoms. The SMILES string of the molecule is Cc1cc(C(=O)Cc2c(C)cc(C(C)(C)C)cc2C)cs1. The van der Waals surface area contributed by atoms with Gasteiger partial charge < -0.3 is 0 Å². The fourth-order valence-corrected chi connectivity index (χ4v) is 3.26. The van der Waals surface area contributed by atoms with Crippen molar-refractivity contribution >= 4 is 17.1 Å². The van der Waals surface area contributed by atoms with Crippen LogP contribution in [-0.4, -0.2) is 5.78 Å². The van der Waals surface area contributed by atoms with Gasteiger partial charge in [0, 0.05) is 22.2 Å². The maximum absolute atomic E-state index is 12.4. The second-order valence-corrected chi connectivity index (χ2v) is 8.00. The molecule has 0 bridgehead atoms. The standard InChI is InChI=1S/C19H24OS/c1-12-7-16(19(4,5)6)8-13(2)17(12)10-18(20)15-9-14(3)21-11-15/h7-9,11H,10H2,1-6H3. The van der Waals surface area contributed by atoms with Crippen molar-refractivity contribution in [3.8, 4) is 0 Å². The molecule has 1 nitrogen and oxygen atoms in total. The second kappa shape index (κ2) is 5.76. The van der Waals surface area contributed by atoms with E-state index >= 15 is 0 Å². The number of hydrogen-bond donors (Lipinski definition) is 0. The molecule has 0 saturated carbocycles. The lowest BCUT2D eigenvalue weighted by atomic mass is 9.83. The predicted molar refractivity (Wildman–Crippen MR) is 91.7 cm³/mol. The van der Waals surface area contributed by atoms with E-state index in [1.807, 2.05) is 18.4 Å². The quantitative estimate of drug-likeness (QED) is 0.694. The number of ketones is 1. The van der Waals surface area contributed by atoms with Crippen molar-refractivity contribution in [2.24, 2.45) is 0 Å². The van der Waals surface area contributed by atoms with Crippen LogP contribution in [-0.2, 0) is 11.8 Å². The summed E-state index contributed by atoms with van der Waals surface area (Å²) in [6, 6.07) is 6.45. The summed E-state index contributed by atoms with van der Waals surface area (Å²) in [6.45, 7) is 12.9. The van der Waals surface area contributed by atoms with Crippen molar-refractivity contribution in [2.45, 2.75) is 53.4 Å². The van der Waals surface area contributed by atoms with Crippen LogP contribution in [0.3, 0.4) is 0 Å². The van der Waals surface area contributed by atoms with Gasteiger partial charge in [-0.25, -0.2) is 0 Å². The van der Waals surface area contributed by atoms with E-state index in [4.69, 9.17) is 0 Å². The number of rotatable bonds is 3. The fraction of sp³-hybridized carbons (Fsp3) is 0.421. The molecule has 1 aromatic heterocycles. The zero-order valence-electron chi connectivity index (χ0n) is 13.8. The van der Waals surface area contributed by atoms with E-state index in [9.17, 15) is 4.79 Å². The van der Waals surface area contributed by atoms with E-state index in [1.165, 1.54) is 27.1 Å². The Bertz CT molecular complexity index is 648. The second-order valence-electron chi connectivity index (χ2n) is 6.88. The molecular weight excluding hydrogens is 276 g/mol. The molecule has 0 aliphatic rings. The topological polar surface area (TPSA) is 17.1 Å². The number of Topliss-reactive ketones (excluding diaryl/α,β-unsaturated/α-hetero) is 1. The molecule has 0 amide bonds. The Morgan fingerprint density at radius 2 is 1.62 bits per heavy atom. The van der Waals surface area contributed by atoms with Gasteiger partial charge in [0.05, 0.1) is 0 Å². The fourth-order valence-electron chi connectivity index (χ4n) is 2.56. The minimum absolute atomic E-state index is 0.141. The summed E-state index contributed by atoms with van der Waals surface area (Å²) >= 11 is 1.64. The van der Waals surface area contributed by atoms with Gasteiger partial charge in [0.25, 0.3) is 0 Å². The van der Waals surface area contributed by atoms with Gasteiger partial charge in [-0.3, -0.25) is 4.79 Å². The number of thiophene rings is 1. The average Bonchev–Trinajstić information content (AvgIpc) is 2.79. The molecule has 0 aliphatic carbocycles. The predicted octanol–water partition coefficient (Wildman–Crippen LogP) is 5.40. The van der Waals surface area contributed by atoms with E-state index in [2.05, 4.69) is 46.8 Å². The molecule has 0 aliphatic heterocycles. The van der Waals surface area contributed by atoms with E-state index in [0.717, 1.165) is 5.56 Å². The van der Waals surface area contributed by atoms with Crippen LogP contribution in [0.5, 0.6) is 0 Å². The highest BCUT2D eigenvalue weighted by molar-refractivity contribution is 7.10. The van der Waals surface area contributed by atoms with Gasteiger partial charge in [-0.1, -0.05) is 32.9 Å². The summed E-state index contributed by atoms with van der Waals surface area (Å²) in [4.78, 5) is 13.6. The summed E-state index contributed by atoms with van der Waals surface area (Å²) in [7, 11) is 0. The van der Waals surface area contributed by atoms with Crippen LogP contribution in [0.4, 0.5) is 0 Å². The first-order chi connectivity index (χ1) is 9.68. The van der Waals surface area contributed by atoms with Gasteiger partial charge in [0.2, 0.25) is 0 Å². The van der Waals surface area contributed by atoms with E-state index in [-0.39, 0.29) is 11.2 Å². The highest BCUT2D eigenvalue weighted by Crippen LogP contribution is 2.28. The summed E-state index contributed by atoms with van der Waals surface area (Å²) in [5, 5.41) is 1.96. The van der Waals surface area contributed by atoms with Crippen LogP contribution in [0.25, 0.3) is 0 Å². The van der Waals surface area contributed by atoms with E-state index in [0.29, 0.717) is 6.42 Å². The van der Waals surface area contributed by atoms with Crippen LogP contribution in [0.2, 0.25) is 0 Å². The molecule has 21 heavy (non-hydrogen) atoms. The minimum atomic E-state index is 0.141. The maximum atomic E-state index is 12.4. The van der Waals surface area contributed by atoms with Crippen molar-refractivity contribution in [3.05, 3.63) is 56.3 Å². The van der Waals surface area contributed by atoms with Crippen molar-refractivity contribution in [1.82, 2.24) is 0 Å². The third kappa shape index (κ3) is 3.62. The van der Waals surface area contributed by atoms with Crippen LogP contribution in [0.1, 0.15) is 58.3 Å². The molecule has 0 atom stereocenters. The molecule has 1 aromatic carbocycles. The molecule has 0 spiro atoms. The number of carbonyl (C=O) groups excluding carboxylic acids is 1. The molecule has 0 fully saturated rings. The van der Waals surface area contributed by atoms with Crippen molar-refractivity contribution in [3.63, 3.8) is 0 Å². The molecule has 0 saturated heterocycles.